The van der Waals surface area contributed by atoms with E-state index in [2.05, 4.69) is 10.6 Å². The quantitative estimate of drug-likeness (QED) is 0.668. The van der Waals surface area contributed by atoms with Crippen molar-refractivity contribution in [2.24, 2.45) is 0 Å². The third-order valence-electron chi connectivity index (χ3n) is 4.13. The highest BCUT2D eigenvalue weighted by Crippen LogP contribution is 2.28. The van der Waals surface area contributed by atoms with Gasteiger partial charge in [0.15, 0.2) is 5.76 Å². The SMILES string of the molecule is Cc1c(C(=O)Nc2ccc(CC(=O)NC(C)C)cc2)oc2ccc(Cl)cc12. The number of rotatable bonds is 5. The largest absolute Gasteiger partial charge is 0.451 e. The topological polar surface area (TPSA) is 71.3 Å². The Morgan fingerprint density at radius 3 is 2.48 bits per heavy atom. The van der Waals surface area contributed by atoms with Crippen LogP contribution in [0, 0.1) is 6.92 Å². The molecule has 3 rings (SSSR count). The highest BCUT2D eigenvalue weighted by molar-refractivity contribution is 6.31. The molecule has 0 aliphatic rings. The molecule has 5 nitrogen and oxygen atoms in total. The number of furan rings is 1. The van der Waals surface area contributed by atoms with Gasteiger partial charge in [0.25, 0.3) is 5.91 Å². The second-order valence-electron chi connectivity index (χ2n) is 6.75. The smallest absolute Gasteiger partial charge is 0.291 e. The number of aryl methyl sites for hydroxylation is 1. The summed E-state index contributed by atoms with van der Waals surface area (Å²) >= 11 is 6.02. The molecule has 6 heteroatoms. The maximum Gasteiger partial charge on any atom is 0.291 e. The second kappa shape index (κ2) is 7.84. The fraction of sp³-hybridized carbons (Fsp3) is 0.238. The van der Waals surface area contributed by atoms with Crippen LogP contribution in [0.1, 0.15) is 35.5 Å². The molecule has 2 aromatic carbocycles. The zero-order chi connectivity index (χ0) is 19.6. The summed E-state index contributed by atoms with van der Waals surface area (Å²) in [6.07, 6.45) is 0.301. The number of carbonyl (C=O) groups excluding carboxylic acids is 2. The lowest BCUT2D eigenvalue weighted by molar-refractivity contribution is -0.120. The summed E-state index contributed by atoms with van der Waals surface area (Å²) in [5, 5.41) is 7.08. The van der Waals surface area contributed by atoms with Crippen LogP contribution in [0.2, 0.25) is 5.02 Å². The van der Waals surface area contributed by atoms with Gasteiger partial charge in [0.05, 0.1) is 6.42 Å². The fourth-order valence-electron chi connectivity index (χ4n) is 2.86. The van der Waals surface area contributed by atoms with Crippen LogP contribution in [0.15, 0.2) is 46.9 Å². The van der Waals surface area contributed by atoms with Crippen molar-refractivity contribution in [3.8, 4) is 0 Å². The number of carbonyl (C=O) groups is 2. The predicted molar refractivity (Wildman–Crippen MR) is 107 cm³/mol. The molecule has 0 atom stereocenters. The lowest BCUT2D eigenvalue weighted by Crippen LogP contribution is -2.31. The molecular formula is C21H21ClN2O3. The highest BCUT2D eigenvalue weighted by Gasteiger charge is 2.18. The molecule has 1 aromatic heterocycles. The molecule has 3 aromatic rings. The zero-order valence-corrected chi connectivity index (χ0v) is 16.2. The van der Waals surface area contributed by atoms with Crippen LogP contribution in [-0.2, 0) is 11.2 Å². The molecular weight excluding hydrogens is 364 g/mol. The van der Waals surface area contributed by atoms with Crippen molar-refractivity contribution < 1.29 is 14.0 Å². The van der Waals surface area contributed by atoms with E-state index in [0.29, 0.717) is 22.7 Å². The summed E-state index contributed by atoms with van der Waals surface area (Å²) in [6.45, 7) is 5.67. The Labute approximate surface area is 162 Å². The number of amides is 2. The van der Waals surface area contributed by atoms with E-state index in [1.807, 2.05) is 32.9 Å². The maximum absolute atomic E-state index is 12.6. The first-order chi connectivity index (χ1) is 12.8. The van der Waals surface area contributed by atoms with E-state index < -0.39 is 0 Å². The van der Waals surface area contributed by atoms with Crippen molar-refractivity contribution in [1.82, 2.24) is 5.32 Å². The summed E-state index contributed by atoms with van der Waals surface area (Å²) in [6, 6.07) is 12.5. The third kappa shape index (κ3) is 4.49. The summed E-state index contributed by atoms with van der Waals surface area (Å²) in [5.74, 6) is -0.101. The predicted octanol–water partition coefficient (Wildman–Crippen LogP) is 4.71. The van der Waals surface area contributed by atoms with Gasteiger partial charge in [0.1, 0.15) is 5.58 Å². The van der Waals surface area contributed by atoms with Crippen molar-refractivity contribution in [3.05, 3.63) is 64.4 Å². The minimum Gasteiger partial charge on any atom is -0.451 e. The van der Waals surface area contributed by atoms with Crippen molar-refractivity contribution in [3.63, 3.8) is 0 Å². The summed E-state index contributed by atoms with van der Waals surface area (Å²) in [7, 11) is 0. The van der Waals surface area contributed by atoms with Gasteiger partial charge in [-0.05, 0) is 56.7 Å². The normalized spacial score (nSPS) is 11.0. The van der Waals surface area contributed by atoms with Crippen molar-refractivity contribution in [1.29, 1.82) is 0 Å². The van der Waals surface area contributed by atoms with E-state index in [9.17, 15) is 9.59 Å². The second-order valence-corrected chi connectivity index (χ2v) is 7.18. The number of hydrogen-bond acceptors (Lipinski definition) is 3. The molecule has 27 heavy (non-hydrogen) atoms. The average Bonchev–Trinajstić information content (AvgIpc) is 2.92. The molecule has 2 N–H and O–H groups in total. The molecule has 2 amide bonds. The van der Waals surface area contributed by atoms with Crippen LogP contribution < -0.4 is 10.6 Å². The average molecular weight is 385 g/mol. The first-order valence-corrected chi connectivity index (χ1v) is 9.09. The third-order valence-corrected chi connectivity index (χ3v) is 4.37. The van der Waals surface area contributed by atoms with Crippen LogP contribution >= 0.6 is 11.6 Å². The first-order valence-electron chi connectivity index (χ1n) is 8.72. The van der Waals surface area contributed by atoms with Crippen LogP contribution in [0.5, 0.6) is 0 Å². The standard InChI is InChI=1S/C21H21ClN2O3/c1-12(2)23-19(25)10-14-4-7-16(8-5-14)24-21(26)20-13(3)17-11-15(22)6-9-18(17)27-20/h4-9,11-12H,10H2,1-3H3,(H,23,25)(H,24,26). The Balaban J connectivity index is 1.71. The Morgan fingerprint density at radius 1 is 1.11 bits per heavy atom. The number of anilines is 1. The van der Waals surface area contributed by atoms with Gasteiger partial charge in [-0.15, -0.1) is 0 Å². The van der Waals surface area contributed by atoms with Gasteiger partial charge in [-0.2, -0.15) is 0 Å². The Hall–Kier alpha value is -2.79. The molecule has 0 fully saturated rings. The minimum atomic E-state index is -0.329. The minimum absolute atomic E-state index is 0.0293. The number of halogens is 1. The molecule has 0 saturated heterocycles. The van der Waals surface area contributed by atoms with Gasteiger partial charge in [-0.3, -0.25) is 9.59 Å². The summed E-state index contributed by atoms with van der Waals surface area (Å²) in [4.78, 5) is 24.4. The van der Waals surface area contributed by atoms with E-state index in [1.165, 1.54) is 0 Å². The van der Waals surface area contributed by atoms with Crippen molar-refractivity contribution in [2.75, 3.05) is 5.32 Å². The zero-order valence-electron chi connectivity index (χ0n) is 15.4. The molecule has 0 bridgehead atoms. The van der Waals surface area contributed by atoms with Crippen molar-refractivity contribution >= 4 is 40.1 Å². The van der Waals surface area contributed by atoms with Gasteiger partial charge in [-0.1, -0.05) is 23.7 Å². The van der Waals surface area contributed by atoms with Crippen LogP contribution in [0.3, 0.4) is 0 Å². The van der Waals surface area contributed by atoms with E-state index in [1.54, 1.807) is 30.3 Å². The van der Waals surface area contributed by atoms with Crippen LogP contribution in [-0.4, -0.2) is 17.9 Å². The van der Waals surface area contributed by atoms with E-state index in [0.717, 1.165) is 16.5 Å². The Bertz CT molecular complexity index is 991. The molecule has 1 heterocycles. The van der Waals surface area contributed by atoms with Crippen LogP contribution in [0.4, 0.5) is 5.69 Å². The Kier molecular flexibility index (Phi) is 5.51. The van der Waals surface area contributed by atoms with Gasteiger partial charge >= 0.3 is 0 Å². The number of nitrogens with one attached hydrogen (secondary N) is 2. The summed E-state index contributed by atoms with van der Waals surface area (Å²) < 4.78 is 5.68. The van der Waals surface area contributed by atoms with E-state index in [4.69, 9.17) is 16.0 Å². The lowest BCUT2D eigenvalue weighted by Gasteiger charge is -2.09. The molecule has 0 aliphatic carbocycles. The Morgan fingerprint density at radius 2 is 1.81 bits per heavy atom. The van der Waals surface area contributed by atoms with E-state index in [-0.39, 0.29) is 23.6 Å². The summed E-state index contributed by atoms with van der Waals surface area (Å²) in [5.41, 5.74) is 2.87. The van der Waals surface area contributed by atoms with Gasteiger partial charge in [0.2, 0.25) is 5.91 Å². The van der Waals surface area contributed by atoms with E-state index >= 15 is 0 Å². The monoisotopic (exact) mass is 384 g/mol. The van der Waals surface area contributed by atoms with Gasteiger partial charge in [-0.25, -0.2) is 0 Å². The molecule has 0 unspecified atom stereocenters. The van der Waals surface area contributed by atoms with Crippen LogP contribution in [0.25, 0.3) is 11.0 Å². The number of hydrogen-bond donors (Lipinski definition) is 2. The van der Waals surface area contributed by atoms with Crippen molar-refractivity contribution in [2.45, 2.75) is 33.2 Å². The number of benzene rings is 2. The fourth-order valence-corrected chi connectivity index (χ4v) is 3.03. The molecule has 0 radical (unpaired) electrons. The maximum atomic E-state index is 12.6. The number of fused-ring (bicyclic) bond motifs is 1. The molecule has 0 saturated carbocycles. The molecule has 0 aliphatic heterocycles. The first kappa shape index (κ1) is 19.0. The molecule has 0 spiro atoms. The van der Waals surface area contributed by atoms with Gasteiger partial charge in [0, 0.05) is 27.7 Å². The lowest BCUT2D eigenvalue weighted by atomic mass is 10.1. The van der Waals surface area contributed by atoms with Gasteiger partial charge < -0.3 is 15.1 Å². The highest BCUT2D eigenvalue weighted by atomic mass is 35.5. The molecule has 140 valence electrons.